The summed E-state index contributed by atoms with van der Waals surface area (Å²) in [5.41, 5.74) is 5.01. The third-order valence-corrected chi connectivity index (χ3v) is 8.23. The van der Waals surface area contributed by atoms with Gasteiger partial charge in [-0.1, -0.05) is 78.2 Å². The maximum absolute atomic E-state index is 12.5. The minimum Gasteiger partial charge on any atom is -0.465 e. The Kier molecular flexibility index (Phi) is 5.36. The second-order valence-electron chi connectivity index (χ2n) is 7.51. The van der Waals surface area contributed by atoms with Gasteiger partial charge in [0.2, 0.25) is 0 Å². The molecule has 2 aliphatic rings. The number of aryl methyl sites for hydroxylation is 1. The number of thiocarbonyl (C=S) groups is 1. The van der Waals surface area contributed by atoms with Gasteiger partial charge in [-0.3, -0.25) is 0 Å². The Morgan fingerprint density at radius 2 is 1.83 bits per heavy atom. The quantitative estimate of drug-likeness (QED) is 0.338. The fourth-order valence-electron chi connectivity index (χ4n) is 3.42. The molecule has 2 aliphatic heterocycles. The predicted octanol–water partition coefficient (Wildman–Crippen LogP) is 6.26. The van der Waals surface area contributed by atoms with Crippen LogP contribution in [-0.4, -0.2) is 23.5 Å². The van der Waals surface area contributed by atoms with E-state index in [0.717, 1.165) is 36.4 Å². The highest BCUT2D eigenvalue weighted by Gasteiger charge is 2.38. The number of hydrogen-bond donors (Lipinski definition) is 1. The smallest absolute Gasteiger partial charge is 0.345 e. The zero-order valence-corrected chi connectivity index (χ0v) is 19.1. The van der Waals surface area contributed by atoms with Gasteiger partial charge in [0, 0.05) is 26.6 Å². The number of hydrogen-bond acceptors (Lipinski definition) is 6. The summed E-state index contributed by atoms with van der Waals surface area (Å²) in [7, 11) is 1.42. The second kappa shape index (κ2) is 7.67. The van der Waals surface area contributed by atoms with Crippen LogP contribution in [0.15, 0.2) is 57.7 Å². The molecule has 0 spiro atoms. The van der Waals surface area contributed by atoms with Gasteiger partial charge in [-0.15, -0.1) is 0 Å². The summed E-state index contributed by atoms with van der Waals surface area (Å²) in [6.45, 7) is 6.27. The summed E-state index contributed by atoms with van der Waals surface area (Å²) in [4.78, 5) is 14.9. The molecule has 3 nitrogen and oxygen atoms in total. The van der Waals surface area contributed by atoms with Gasteiger partial charge < -0.3 is 10.1 Å². The minimum atomic E-state index is -0.361. The molecule has 0 unspecified atom stereocenters. The van der Waals surface area contributed by atoms with Crippen LogP contribution in [0.3, 0.4) is 0 Å². The van der Waals surface area contributed by atoms with Gasteiger partial charge in [0.25, 0.3) is 0 Å². The Labute approximate surface area is 185 Å². The molecule has 0 fully saturated rings. The molecule has 1 N–H and O–H groups in total. The van der Waals surface area contributed by atoms with Gasteiger partial charge in [-0.2, -0.15) is 0 Å². The first-order valence-corrected chi connectivity index (χ1v) is 11.3. The molecule has 0 radical (unpaired) electrons. The van der Waals surface area contributed by atoms with Crippen molar-refractivity contribution in [2.75, 3.05) is 12.4 Å². The zero-order valence-electron chi connectivity index (χ0n) is 16.7. The molecule has 0 aliphatic carbocycles. The molecule has 0 aromatic heterocycles. The number of benzene rings is 2. The lowest BCUT2D eigenvalue weighted by atomic mass is 9.85. The number of thioether (sulfide) groups is 2. The molecule has 6 heteroatoms. The highest BCUT2D eigenvalue weighted by atomic mass is 32.2. The van der Waals surface area contributed by atoms with Crippen LogP contribution in [0.1, 0.15) is 30.5 Å². The maximum Gasteiger partial charge on any atom is 0.345 e. The summed E-state index contributed by atoms with van der Waals surface area (Å²) in [6, 6.07) is 16.3. The monoisotopic (exact) mass is 439 g/mol. The Morgan fingerprint density at radius 3 is 2.52 bits per heavy atom. The number of carbonyl (C=O) groups excluding carboxylic acids is 1. The fraction of sp³-hybridized carbons (Fsp3) is 0.217. The van der Waals surface area contributed by atoms with Crippen molar-refractivity contribution in [1.29, 1.82) is 0 Å². The average Bonchev–Trinajstić information content (AvgIpc) is 3.14. The van der Waals surface area contributed by atoms with Crippen molar-refractivity contribution in [3.63, 3.8) is 0 Å². The Morgan fingerprint density at radius 1 is 1.10 bits per heavy atom. The molecule has 0 bridgehead atoms. The number of rotatable bonds is 2. The van der Waals surface area contributed by atoms with Crippen molar-refractivity contribution in [3.05, 3.63) is 74.4 Å². The van der Waals surface area contributed by atoms with E-state index in [9.17, 15) is 4.79 Å². The predicted molar refractivity (Wildman–Crippen MR) is 129 cm³/mol. The van der Waals surface area contributed by atoms with Gasteiger partial charge in [-0.25, -0.2) is 4.79 Å². The van der Waals surface area contributed by atoms with Crippen LogP contribution in [-0.2, 0) is 9.53 Å². The number of ether oxygens (including phenoxy) is 1. The Balaban J connectivity index is 1.88. The van der Waals surface area contributed by atoms with Crippen LogP contribution in [0, 0.1) is 6.92 Å². The second-order valence-corrected chi connectivity index (χ2v) is 10.2. The Bertz CT molecular complexity index is 1080. The van der Waals surface area contributed by atoms with Crippen molar-refractivity contribution < 1.29 is 9.53 Å². The molecule has 4 rings (SSSR count). The van der Waals surface area contributed by atoms with E-state index in [1.807, 2.05) is 30.3 Å². The van der Waals surface area contributed by atoms with Crippen molar-refractivity contribution in [1.82, 2.24) is 0 Å². The van der Waals surface area contributed by atoms with Crippen LogP contribution in [0.4, 0.5) is 5.69 Å². The first-order chi connectivity index (χ1) is 13.8. The molecule has 0 saturated heterocycles. The zero-order chi connectivity index (χ0) is 20.8. The molecule has 148 valence electrons. The van der Waals surface area contributed by atoms with E-state index >= 15 is 0 Å². The molecule has 2 aromatic carbocycles. The van der Waals surface area contributed by atoms with E-state index in [-0.39, 0.29) is 11.5 Å². The molecule has 0 atom stereocenters. The van der Waals surface area contributed by atoms with Crippen LogP contribution in [0.5, 0.6) is 0 Å². The van der Waals surface area contributed by atoms with Crippen LogP contribution < -0.4 is 5.32 Å². The first kappa shape index (κ1) is 20.3. The number of methoxy groups -OCH3 is 1. The van der Waals surface area contributed by atoms with Crippen molar-refractivity contribution in [3.8, 4) is 0 Å². The fourth-order valence-corrected chi connectivity index (χ4v) is 6.53. The molecule has 29 heavy (non-hydrogen) atoms. The topological polar surface area (TPSA) is 38.3 Å². The van der Waals surface area contributed by atoms with E-state index in [4.69, 9.17) is 17.0 Å². The van der Waals surface area contributed by atoms with Gasteiger partial charge >= 0.3 is 5.97 Å². The van der Waals surface area contributed by atoms with E-state index in [2.05, 4.69) is 44.3 Å². The summed E-state index contributed by atoms with van der Waals surface area (Å²) in [6.07, 6.45) is 0. The summed E-state index contributed by atoms with van der Waals surface area (Å²) < 4.78 is 6.10. The number of esters is 1. The van der Waals surface area contributed by atoms with Crippen molar-refractivity contribution in [2.45, 2.75) is 26.3 Å². The molecular formula is C23H21NO2S3. The van der Waals surface area contributed by atoms with E-state index in [1.54, 1.807) is 11.8 Å². The first-order valence-electron chi connectivity index (χ1n) is 9.24. The summed E-state index contributed by atoms with van der Waals surface area (Å²) in [5, 5.41) is 3.57. The van der Waals surface area contributed by atoms with E-state index < -0.39 is 0 Å². The third-order valence-electron chi connectivity index (χ3n) is 4.89. The van der Waals surface area contributed by atoms with E-state index in [0.29, 0.717) is 4.91 Å². The van der Waals surface area contributed by atoms with Crippen molar-refractivity contribution in [2.24, 2.45) is 0 Å². The highest BCUT2D eigenvalue weighted by Crippen LogP contribution is 2.57. The summed E-state index contributed by atoms with van der Waals surface area (Å²) >= 11 is 8.97. The molecular weight excluding hydrogens is 418 g/mol. The molecule has 2 heterocycles. The van der Waals surface area contributed by atoms with Gasteiger partial charge in [0.1, 0.15) is 4.91 Å². The molecule has 0 amide bonds. The van der Waals surface area contributed by atoms with Crippen molar-refractivity contribution >= 4 is 62.7 Å². The SMILES string of the molecule is COC(=O)C1=C(c2ccccc2)S/C(=C2\C(=S)C(C)(C)Nc3cc(C)ccc32)S1. The maximum atomic E-state index is 12.5. The normalized spacial score (nSPS) is 20.3. The van der Waals surface area contributed by atoms with Gasteiger partial charge in [0.05, 0.1) is 16.9 Å². The standard InChI is InChI=1S/C23H21NO2S3/c1-13-10-11-15-16(12-13)24-23(2,3)20(27)17(15)22-28-18(14-8-6-5-7-9-14)19(29-22)21(25)26-4/h5-12,24H,1-4H3/b22-17+. The average molecular weight is 440 g/mol. The summed E-state index contributed by atoms with van der Waals surface area (Å²) in [5.74, 6) is -0.319. The van der Waals surface area contributed by atoms with Gasteiger partial charge in [0.15, 0.2) is 0 Å². The van der Waals surface area contributed by atoms with Crippen LogP contribution in [0.2, 0.25) is 0 Å². The highest BCUT2D eigenvalue weighted by molar-refractivity contribution is 8.32. The number of nitrogens with one attached hydrogen (secondary N) is 1. The van der Waals surface area contributed by atoms with E-state index in [1.165, 1.54) is 24.4 Å². The number of carbonyl (C=O) groups is 1. The lowest BCUT2D eigenvalue weighted by Crippen LogP contribution is -2.43. The Hall–Kier alpha value is -2.02. The number of anilines is 1. The third kappa shape index (κ3) is 3.65. The largest absolute Gasteiger partial charge is 0.465 e. The lowest BCUT2D eigenvalue weighted by molar-refractivity contribution is -0.135. The molecule has 2 aromatic rings. The lowest BCUT2D eigenvalue weighted by Gasteiger charge is -2.37. The van der Waals surface area contributed by atoms with Crippen LogP contribution >= 0.6 is 35.7 Å². The molecule has 0 saturated carbocycles. The minimum absolute atomic E-state index is 0.319. The van der Waals surface area contributed by atoms with Gasteiger partial charge in [-0.05, 0) is 38.0 Å². The van der Waals surface area contributed by atoms with Crippen LogP contribution in [0.25, 0.3) is 10.5 Å². The number of fused-ring (bicyclic) bond motifs is 1.